The topological polar surface area (TPSA) is 82.1 Å². The van der Waals surface area contributed by atoms with Crippen LogP contribution in [0.2, 0.25) is 0 Å². The van der Waals surface area contributed by atoms with E-state index in [0.717, 1.165) is 7.11 Å². The summed E-state index contributed by atoms with van der Waals surface area (Å²) in [6.45, 7) is 0. The highest BCUT2D eigenvalue weighted by Crippen LogP contribution is 2.33. The Morgan fingerprint density at radius 1 is 1.28 bits per heavy atom. The first-order valence-corrected chi connectivity index (χ1v) is 5.06. The van der Waals surface area contributed by atoms with Crippen LogP contribution in [0.25, 0.3) is 0 Å². The van der Waals surface area contributed by atoms with Crippen LogP contribution in [-0.2, 0) is 9.53 Å². The van der Waals surface area contributed by atoms with E-state index in [-0.39, 0.29) is 22.6 Å². The molecule has 0 spiro atoms. The van der Waals surface area contributed by atoms with E-state index in [4.69, 9.17) is 9.47 Å². The van der Waals surface area contributed by atoms with E-state index in [1.165, 1.54) is 26.4 Å². The second-order valence-corrected chi connectivity index (χ2v) is 3.39. The van der Waals surface area contributed by atoms with Crippen LogP contribution in [0.4, 0.5) is 0 Å². The molecule has 0 aliphatic carbocycles. The first-order valence-electron chi connectivity index (χ1n) is 5.06. The van der Waals surface area contributed by atoms with Gasteiger partial charge in [-0.25, -0.2) is 4.79 Å². The molecule has 1 aromatic rings. The van der Waals surface area contributed by atoms with Gasteiger partial charge >= 0.3 is 5.97 Å². The molecule has 6 heteroatoms. The van der Waals surface area contributed by atoms with Crippen LogP contribution in [0.15, 0.2) is 12.1 Å². The van der Waals surface area contributed by atoms with Crippen LogP contribution < -0.4 is 9.47 Å². The zero-order valence-corrected chi connectivity index (χ0v) is 10.3. The van der Waals surface area contributed by atoms with E-state index in [9.17, 15) is 14.7 Å². The molecule has 0 radical (unpaired) electrons. The average Bonchev–Trinajstić information content (AvgIpc) is 2.43. The Morgan fingerprint density at radius 2 is 1.94 bits per heavy atom. The van der Waals surface area contributed by atoms with Gasteiger partial charge in [0.2, 0.25) is 0 Å². The Bertz CT molecular complexity index is 454. The molecule has 1 aromatic carbocycles. The number of carbonyl (C=O) groups excluding carboxylic acids is 2. The minimum atomic E-state index is -1.48. The van der Waals surface area contributed by atoms with Gasteiger partial charge in [-0.1, -0.05) is 0 Å². The number of carbonyl (C=O) groups is 2. The molecule has 0 fully saturated rings. The molecule has 98 valence electrons. The second-order valence-electron chi connectivity index (χ2n) is 3.39. The van der Waals surface area contributed by atoms with E-state index in [0.29, 0.717) is 6.29 Å². The monoisotopic (exact) mass is 254 g/mol. The Hall–Kier alpha value is -2.08. The molecule has 18 heavy (non-hydrogen) atoms. The molecule has 0 aliphatic rings. The van der Waals surface area contributed by atoms with Gasteiger partial charge in [-0.15, -0.1) is 0 Å². The van der Waals surface area contributed by atoms with Crippen molar-refractivity contribution in [3.63, 3.8) is 0 Å². The van der Waals surface area contributed by atoms with E-state index in [1.807, 2.05) is 0 Å². The molecule has 1 rings (SSSR count). The van der Waals surface area contributed by atoms with Crippen LogP contribution in [0.5, 0.6) is 11.5 Å². The molecule has 0 amide bonds. The first-order chi connectivity index (χ1) is 8.58. The summed E-state index contributed by atoms with van der Waals surface area (Å²) in [5.41, 5.74) is 0.372. The summed E-state index contributed by atoms with van der Waals surface area (Å²) in [6.07, 6.45) is -0.928. The summed E-state index contributed by atoms with van der Waals surface area (Å²) in [6, 6.07) is 2.75. The van der Waals surface area contributed by atoms with Crippen LogP contribution in [0, 0.1) is 0 Å². The Balaban J connectivity index is 3.31. The molecule has 0 saturated carbocycles. The number of aldehydes is 1. The predicted octanol–water partition coefficient (Wildman–Crippen LogP) is 0.723. The van der Waals surface area contributed by atoms with Crippen molar-refractivity contribution in [2.24, 2.45) is 0 Å². The molecular weight excluding hydrogens is 240 g/mol. The van der Waals surface area contributed by atoms with Gasteiger partial charge in [0, 0.05) is 0 Å². The summed E-state index contributed by atoms with van der Waals surface area (Å²) < 4.78 is 14.5. The van der Waals surface area contributed by atoms with Gasteiger partial charge in [-0.05, 0) is 17.7 Å². The lowest BCUT2D eigenvalue weighted by Crippen LogP contribution is -2.14. The highest BCUT2D eigenvalue weighted by Gasteiger charge is 2.22. The lowest BCUT2D eigenvalue weighted by molar-refractivity contribution is -0.150. The zero-order valence-electron chi connectivity index (χ0n) is 10.3. The van der Waals surface area contributed by atoms with Crippen molar-refractivity contribution >= 4 is 12.3 Å². The third-order valence-corrected chi connectivity index (χ3v) is 2.40. The fourth-order valence-electron chi connectivity index (χ4n) is 1.51. The molecule has 0 bridgehead atoms. The maximum atomic E-state index is 11.2. The number of methoxy groups -OCH3 is 3. The molecule has 0 heterocycles. The third kappa shape index (κ3) is 2.60. The lowest BCUT2D eigenvalue weighted by atomic mass is 10.0. The fraction of sp³-hybridized carbons (Fsp3) is 0.333. The van der Waals surface area contributed by atoms with Gasteiger partial charge in [-0.2, -0.15) is 0 Å². The Morgan fingerprint density at radius 3 is 2.39 bits per heavy atom. The maximum absolute atomic E-state index is 11.2. The van der Waals surface area contributed by atoms with Crippen molar-refractivity contribution in [3.05, 3.63) is 23.3 Å². The molecule has 1 N–H and O–H groups in total. The second kappa shape index (κ2) is 6.02. The number of esters is 1. The lowest BCUT2D eigenvalue weighted by Gasteiger charge is -2.14. The third-order valence-electron chi connectivity index (χ3n) is 2.40. The summed E-state index contributed by atoms with van der Waals surface area (Å²) in [5, 5.41) is 9.71. The van der Waals surface area contributed by atoms with Crippen molar-refractivity contribution in [2.45, 2.75) is 6.10 Å². The normalized spacial score (nSPS) is 11.6. The van der Waals surface area contributed by atoms with Gasteiger partial charge in [0.05, 0.1) is 26.9 Å². The maximum Gasteiger partial charge on any atom is 0.339 e. The van der Waals surface area contributed by atoms with Crippen molar-refractivity contribution in [2.75, 3.05) is 21.3 Å². The van der Waals surface area contributed by atoms with Gasteiger partial charge in [-0.3, -0.25) is 4.79 Å². The first kappa shape index (κ1) is 14.0. The summed E-state index contributed by atoms with van der Waals surface area (Å²) in [4.78, 5) is 22.2. The molecular formula is C12H14O6. The Labute approximate surface area is 104 Å². The highest BCUT2D eigenvalue weighted by molar-refractivity contribution is 5.83. The van der Waals surface area contributed by atoms with Crippen molar-refractivity contribution < 1.29 is 28.9 Å². The summed E-state index contributed by atoms with van der Waals surface area (Å²) in [7, 11) is 3.94. The SMILES string of the molecule is COC(=O)C(O)c1cc(C=O)c(OC)c(OC)c1. The van der Waals surface area contributed by atoms with Crippen LogP contribution >= 0.6 is 0 Å². The molecule has 0 aromatic heterocycles. The van der Waals surface area contributed by atoms with E-state index in [2.05, 4.69) is 4.74 Å². The fourth-order valence-corrected chi connectivity index (χ4v) is 1.51. The minimum absolute atomic E-state index is 0.176. The van der Waals surface area contributed by atoms with Gasteiger partial charge in [0.25, 0.3) is 0 Å². The van der Waals surface area contributed by atoms with Crippen molar-refractivity contribution in [1.29, 1.82) is 0 Å². The number of rotatable bonds is 5. The number of hydrogen-bond acceptors (Lipinski definition) is 6. The quantitative estimate of drug-likeness (QED) is 0.616. The van der Waals surface area contributed by atoms with Crippen LogP contribution in [0.1, 0.15) is 22.0 Å². The number of ether oxygens (including phenoxy) is 3. The van der Waals surface area contributed by atoms with Gasteiger partial charge in [0.1, 0.15) is 0 Å². The number of aliphatic hydroxyl groups is 1. The highest BCUT2D eigenvalue weighted by atomic mass is 16.5. The smallest absolute Gasteiger partial charge is 0.339 e. The van der Waals surface area contributed by atoms with Crippen molar-refractivity contribution in [3.8, 4) is 11.5 Å². The minimum Gasteiger partial charge on any atom is -0.493 e. The van der Waals surface area contributed by atoms with Crippen LogP contribution in [-0.4, -0.2) is 38.7 Å². The van der Waals surface area contributed by atoms with Gasteiger partial charge < -0.3 is 19.3 Å². The molecule has 0 aliphatic heterocycles. The molecule has 0 saturated heterocycles. The standard InChI is InChI=1S/C12H14O6/c1-16-9-5-7(10(14)12(15)18-3)4-8(6-13)11(9)17-2/h4-6,10,14H,1-3H3. The molecule has 6 nitrogen and oxygen atoms in total. The number of hydrogen-bond donors (Lipinski definition) is 1. The predicted molar refractivity (Wildman–Crippen MR) is 61.9 cm³/mol. The van der Waals surface area contributed by atoms with Gasteiger partial charge in [0.15, 0.2) is 23.9 Å². The largest absolute Gasteiger partial charge is 0.493 e. The van der Waals surface area contributed by atoms with E-state index in [1.54, 1.807) is 0 Å². The number of aliphatic hydroxyl groups excluding tert-OH is 1. The zero-order chi connectivity index (χ0) is 13.7. The Kier molecular flexibility index (Phi) is 4.67. The molecule has 1 unspecified atom stereocenters. The summed E-state index contributed by atoms with van der Waals surface area (Å²) >= 11 is 0. The average molecular weight is 254 g/mol. The summed E-state index contributed by atoms with van der Waals surface area (Å²) in [5.74, 6) is -0.326. The van der Waals surface area contributed by atoms with Crippen molar-refractivity contribution in [1.82, 2.24) is 0 Å². The van der Waals surface area contributed by atoms with E-state index < -0.39 is 12.1 Å². The number of benzene rings is 1. The van der Waals surface area contributed by atoms with E-state index >= 15 is 0 Å². The van der Waals surface area contributed by atoms with Crippen LogP contribution in [0.3, 0.4) is 0 Å². The molecule has 1 atom stereocenters.